The molecule has 1 aliphatic rings. The van der Waals surface area contributed by atoms with Crippen LogP contribution < -0.4 is 16.1 Å². The number of halogens is 1. The van der Waals surface area contributed by atoms with Crippen molar-refractivity contribution in [3.63, 3.8) is 0 Å². The molecule has 156 valence electrons. The molecular weight excluding hydrogens is 389 g/mol. The van der Waals surface area contributed by atoms with Gasteiger partial charge in [-0.1, -0.05) is 12.1 Å². The van der Waals surface area contributed by atoms with Gasteiger partial charge in [-0.2, -0.15) is 5.10 Å². The van der Waals surface area contributed by atoms with Crippen molar-refractivity contribution in [3.05, 3.63) is 65.5 Å². The van der Waals surface area contributed by atoms with Crippen LogP contribution in [0, 0.1) is 5.82 Å². The first-order valence-electron chi connectivity index (χ1n) is 9.28. The van der Waals surface area contributed by atoms with Gasteiger partial charge in [-0.15, -0.1) is 0 Å². The molecule has 1 unspecified atom stereocenters. The lowest BCUT2D eigenvalue weighted by Crippen LogP contribution is -2.40. The highest BCUT2D eigenvalue weighted by Gasteiger charge is 2.36. The molecule has 0 radical (unpaired) electrons. The third-order valence-electron chi connectivity index (χ3n) is 4.79. The Hall–Kier alpha value is -3.75. The van der Waals surface area contributed by atoms with E-state index in [0.29, 0.717) is 17.8 Å². The Morgan fingerprint density at radius 1 is 1.17 bits per heavy atom. The molecule has 0 fully saturated rings. The highest BCUT2D eigenvalue weighted by atomic mass is 19.1. The summed E-state index contributed by atoms with van der Waals surface area (Å²) in [4.78, 5) is 37.8. The second-order valence-electron chi connectivity index (χ2n) is 6.93. The number of nitrogens with zero attached hydrogens (tertiary/aromatic N) is 3. The number of hydrazone groups is 1. The minimum atomic E-state index is -0.824. The summed E-state index contributed by atoms with van der Waals surface area (Å²) in [6, 6.07) is 11.5. The predicted molar refractivity (Wildman–Crippen MR) is 110 cm³/mol. The van der Waals surface area contributed by atoms with Crippen LogP contribution in [0.2, 0.25) is 0 Å². The summed E-state index contributed by atoms with van der Waals surface area (Å²) in [5, 5.41) is 8.18. The van der Waals surface area contributed by atoms with Crippen molar-refractivity contribution >= 4 is 29.1 Å². The van der Waals surface area contributed by atoms with E-state index in [9.17, 15) is 18.8 Å². The van der Waals surface area contributed by atoms with E-state index in [1.54, 1.807) is 38.4 Å². The maximum Gasteiger partial charge on any atom is 0.270 e. The molecule has 30 heavy (non-hydrogen) atoms. The van der Waals surface area contributed by atoms with E-state index in [-0.39, 0.29) is 23.9 Å². The Morgan fingerprint density at radius 2 is 1.80 bits per heavy atom. The fourth-order valence-corrected chi connectivity index (χ4v) is 3.16. The number of carbonyl (C=O) groups excluding carboxylic acids is 3. The van der Waals surface area contributed by atoms with Gasteiger partial charge in [-0.3, -0.25) is 19.4 Å². The van der Waals surface area contributed by atoms with Crippen molar-refractivity contribution in [1.29, 1.82) is 0 Å². The number of primary amides is 1. The number of amides is 3. The Bertz CT molecular complexity index is 989. The summed E-state index contributed by atoms with van der Waals surface area (Å²) >= 11 is 0. The molecule has 8 nitrogen and oxygen atoms in total. The standard InChI is InChI=1S/C21H22FN5O3/c1-24-20(29)14-5-3-13(4-6-14)12-26(2)21(30)17-11-18(19(23)28)27(25-17)16-9-7-15(22)8-10-16/h3-10,18H,11-12H2,1-2H3,(H2,23,28)(H,24,29). The summed E-state index contributed by atoms with van der Waals surface area (Å²) < 4.78 is 13.2. The van der Waals surface area contributed by atoms with E-state index >= 15 is 0 Å². The predicted octanol–water partition coefficient (Wildman–Crippen LogP) is 1.26. The first-order chi connectivity index (χ1) is 14.3. The molecule has 0 aliphatic carbocycles. The number of hydrogen-bond acceptors (Lipinski definition) is 5. The van der Waals surface area contributed by atoms with Crippen LogP contribution >= 0.6 is 0 Å². The van der Waals surface area contributed by atoms with Gasteiger partial charge in [0.05, 0.1) is 5.69 Å². The highest BCUT2D eigenvalue weighted by Crippen LogP contribution is 2.25. The van der Waals surface area contributed by atoms with Crippen LogP contribution in [0.3, 0.4) is 0 Å². The van der Waals surface area contributed by atoms with Gasteiger partial charge < -0.3 is 16.0 Å². The molecule has 3 N–H and O–H groups in total. The number of benzene rings is 2. The van der Waals surface area contributed by atoms with E-state index in [2.05, 4.69) is 10.4 Å². The van der Waals surface area contributed by atoms with Crippen LogP contribution in [0.4, 0.5) is 10.1 Å². The van der Waals surface area contributed by atoms with Crippen LogP contribution in [0.15, 0.2) is 53.6 Å². The average molecular weight is 411 g/mol. The summed E-state index contributed by atoms with van der Waals surface area (Å²) in [6.45, 7) is 0.295. The molecule has 1 aliphatic heterocycles. The van der Waals surface area contributed by atoms with Crippen molar-refractivity contribution in [2.45, 2.75) is 19.0 Å². The van der Waals surface area contributed by atoms with Gasteiger partial charge in [0.15, 0.2) is 0 Å². The molecule has 0 bridgehead atoms. The largest absolute Gasteiger partial charge is 0.368 e. The Balaban J connectivity index is 1.74. The van der Waals surface area contributed by atoms with Gasteiger partial charge in [0.25, 0.3) is 11.8 Å². The summed E-state index contributed by atoms with van der Waals surface area (Å²) in [7, 11) is 3.18. The fraction of sp³-hybridized carbons (Fsp3) is 0.238. The Kier molecular flexibility index (Phi) is 6.10. The third kappa shape index (κ3) is 4.45. The van der Waals surface area contributed by atoms with Crippen molar-refractivity contribution in [3.8, 4) is 0 Å². The lowest BCUT2D eigenvalue weighted by Gasteiger charge is -2.20. The fourth-order valence-electron chi connectivity index (χ4n) is 3.16. The van der Waals surface area contributed by atoms with Crippen LogP contribution in [-0.2, 0) is 16.1 Å². The molecule has 2 aromatic rings. The molecule has 1 atom stereocenters. The van der Waals surface area contributed by atoms with Gasteiger partial charge in [-0.25, -0.2) is 4.39 Å². The van der Waals surface area contributed by atoms with E-state index in [1.165, 1.54) is 34.2 Å². The first kappa shape index (κ1) is 21.0. The highest BCUT2D eigenvalue weighted by molar-refractivity contribution is 6.40. The number of anilines is 1. The van der Waals surface area contributed by atoms with E-state index < -0.39 is 17.8 Å². The van der Waals surface area contributed by atoms with Crippen molar-refractivity contribution < 1.29 is 18.8 Å². The lowest BCUT2D eigenvalue weighted by atomic mass is 10.1. The van der Waals surface area contributed by atoms with Crippen LogP contribution in [-0.4, -0.2) is 48.5 Å². The molecular formula is C21H22FN5O3. The Morgan fingerprint density at radius 3 is 2.37 bits per heavy atom. The number of carbonyl (C=O) groups is 3. The summed E-state index contributed by atoms with van der Waals surface area (Å²) in [5.74, 6) is -1.58. The minimum absolute atomic E-state index is 0.0610. The van der Waals surface area contributed by atoms with E-state index in [1.807, 2.05) is 0 Å². The SMILES string of the molecule is CNC(=O)c1ccc(CN(C)C(=O)C2=NN(c3ccc(F)cc3)C(C(N)=O)C2)cc1. The maximum atomic E-state index is 13.2. The molecule has 0 spiro atoms. The van der Waals surface area contributed by atoms with Crippen LogP contribution in [0.1, 0.15) is 22.3 Å². The Labute approximate surface area is 173 Å². The summed E-state index contributed by atoms with van der Waals surface area (Å²) in [5.41, 5.74) is 7.49. The molecule has 2 aromatic carbocycles. The van der Waals surface area contributed by atoms with Gasteiger partial charge in [0, 0.05) is 32.6 Å². The second-order valence-corrected chi connectivity index (χ2v) is 6.93. The molecule has 1 heterocycles. The van der Waals surface area contributed by atoms with Gasteiger partial charge in [-0.05, 0) is 42.0 Å². The quantitative estimate of drug-likeness (QED) is 0.746. The summed E-state index contributed by atoms with van der Waals surface area (Å²) in [6.07, 6.45) is 0.0610. The van der Waals surface area contributed by atoms with Crippen LogP contribution in [0.25, 0.3) is 0 Å². The molecule has 3 amide bonds. The second kappa shape index (κ2) is 8.73. The van der Waals surface area contributed by atoms with E-state index in [4.69, 9.17) is 5.73 Å². The third-order valence-corrected chi connectivity index (χ3v) is 4.79. The van der Waals surface area contributed by atoms with Crippen LogP contribution in [0.5, 0.6) is 0 Å². The van der Waals surface area contributed by atoms with Gasteiger partial charge >= 0.3 is 0 Å². The number of nitrogens with two attached hydrogens (primary N) is 1. The molecule has 0 saturated heterocycles. The van der Waals surface area contributed by atoms with Crippen molar-refractivity contribution in [2.75, 3.05) is 19.1 Å². The van der Waals surface area contributed by atoms with Crippen molar-refractivity contribution in [1.82, 2.24) is 10.2 Å². The minimum Gasteiger partial charge on any atom is -0.368 e. The maximum absolute atomic E-state index is 13.2. The zero-order chi connectivity index (χ0) is 21.8. The van der Waals surface area contributed by atoms with Gasteiger partial charge in [0.2, 0.25) is 5.91 Å². The van der Waals surface area contributed by atoms with Crippen molar-refractivity contribution in [2.24, 2.45) is 10.8 Å². The molecule has 3 rings (SSSR count). The lowest BCUT2D eigenvalue weighted by molar-refractivity contribution is -0.123. The number of nitrogens with one attached hydrogen (secondary N) is 1. The first-order valence-corrected chi connectivity index (χ1v) is 9.28. The molecule has 0 aromatic heterocycles. The normalized spacial score (nSPS) is 15.5. The topological polar surface area (TPSA) is 108 Å². The number of hydrogen-bond donors (Lipinski definition) is 2. The van der Waals surface area contributed by atoms with Gasteiger partial charge in [0.1, 0.15) is 17.6 Å². The average Bonchev–Trinajstić information content (AvgIpc) is 3.19. The zero-order valence-corrected chi connectivity index (χ0v) is 16.6. The molecule has 0 saturated carbocycles. The smallest absolute Gasteiger partial charge is 0.270 e. The molecule has 9 heteroatoms. The monoisotopic (exact) mass is 411 g/mol. The van der Waals surface area contributed by atoms with E-state index in [0.717, 1.165) is 5.56 Å². The zero-order valence-electron chi connectivity index (χ0n) is 16.6. The number of rotatable bonds is 6.